The van der Waals surface area contributed by atoms with Crippen LogP contribution in [0.2, 0.25) is 0 Å². The van der Waals surface area contributed by atoms with Crippen LogP contribution in [0.5, 0.6) is 5.75 Å². The lowest BCUT2D eigenvalue weighted by Crippen LogP contribution is -2.21. The highest BCUT2D eigenvalue weighted by Crippen LogP contribution is 2.15. The van der Waals surface area contributed by atoms with Crippen LogP contribution >= 0.6 is 0 Å². The van der Waals surface area contributed by atoms with E-state index in [9.17, 15) is 4.79 Å². The van der Waals surface area contributed by atoms with Gasteiger partial charge in [0, 0.05) is 12.3 Å². The van der Waals surface area contributed by atoms with E-state index in [0.717, 1.165) is 5.75 Å². The van der Waals surface area contributed by atoms with Crippen molar-refractivity contribution in [3.63, 3.8) is 0 Å². The molecule has 0 fully saturated rings. The van der Waals surface area contributed by atoms with Gasteiger partial charge in [-0.3, -0.25) is 4.79 Å². The average molecular weight is 243 g/mol. The van der Waals surface area contributed by atoms with Crippen LogP contribution in [0, 0.1) is 13.8 Å². The van der Waals surface area contributed by atoms with Crippen molar-refractivity contribution in [3.05, 3.63) is 64.1 Å². The Hall–Kier alpha value is -2.03. The fourth-order valence-corrected chi connectivity index (χ4v) is 1.92. The predicted molar refractivity (Wildman–Crippen MR) is 72.1 cm³/mol. The predicted octanol–water partition coefficient (Wildman–Crippen LogP) is 2.54. The Bertz CT molecular complexity index is 567. The van der Waals surface area contributed by atoms with E-state index in [2.05, 4.69) is 6.07 Å². The van der Waals surface area contributed by atoms with Gasteiger partial charge in [-0.1, -0.05) is 12.1 Å². The zero-order valence-corrected chi connectivity index (χ0v) is 10.7. The van der Waals surface area contributed by atoms with Crippen LogP contribution in [0.3, 0.4) is 0 Å². The number of pyridine rings is 1. The molecule has 0 saturated carbocycles. The van der Waals surface area contributed by atoms with Crippen LogP contribution in [-0.2, 0) is 6.54 Å². The van der Waals surface area contributed by atoms with Gasteiger partial charge in [0.1, 0.15) is 12.4 Å². The first-order valence-corrected chi connectivity index (χ1v) is 6.02. The van der Waals surface area contributed by atoms with Crippen molar-refractivity contribution >= 4 is 0 Å². The SMILES string of the molecule is Cc1cc(C)cc(OCCn2ccccc2=O)c1. The highest BCUT2D eigenvalue weighted by Gasteiger charge is 1.98. The summed E-state index contributed by atoms with van der Waals surface area (Å²) in [5, 5.41) is 0. The summed E-state index contributed by atoms with van der Waals surface area (Å²) >= 11 is 0. The van der Waals surface area contributed by atoms with Crippen LogP contribution < -0.4 is 10.3 Å². The van der Waals surface area contributed by atoms with Gasteiger partial charge in [-0.25, -0.2) is 0 Å². The molecule has 0 unspecified atom stereocenters. The molecule has 2 aromatic rings. The average Bonchev–Trinajstić information content (AvgIpc) is 2.30. The van der Waals surface area contributed by atoms with E-state index in [1.807, 2.05) is 32.0 Å². The number of nitrogens with zero attached hydrogens (tertiary/aromatic N) is 1. The Morgan fingerprint density at radius 3 is 2.50 bits per heavy atom. The molecule has 0 bridgehead atoms. The van der Waals surface area contributed by atoms with E-state index in [-0.39, 0.29) is 5.56 Å². The maximum atomic E-state index is 11.5. The molecule has 1 heterocycles. The largest absolute Gasteiger partial charge is 0.492 e. The van der Waals surface area contributed by atoms with Gasteiger partial charge in [-0.2, -0.15) is 0 Å². The molecule has 2 rings (SSSR count). The summed E-state index contributed by atoms with van der Waals surface area (Å²) < 4.78 is 7.31. The summed E-state index contributed by atoms with van der Waals surface area (Å²) in [6.07, 6.45) is 1.77. The van der Waals surface area contributed by atoms with Gasteiger partial charge >= 0.3 is 0 Å². The van der Waals surface area contributed by atoms with Gasteiger partial charge in [-0.05, 0) is 43.2 Å². The zero-order valence-electron chi connectivity index (χ0n) is 10.7. The third-order valence-electron chi connectivity index (χ3n) is 2.70. The minimum atomic E-state index is 0.00141. The van der Waals surface area contributed by atoms with Crippen LogP contribution in [0.4, 0.5) is 0 Å². The third kappa shape index (κ3) is 3.23. The second kappa shape index (κ2) is 5.54. The Labute approximate surface area is 107 Å². The molecular formula is C15H17NO2. The number of aryl methyl sites for hydroxylation is 2. The summed E-state index contributed by atoms with van der Waals surface area (Å²) in [5.74, 6) is 0.858. The van der Waals surface area contributed by atoms with Gasteiger partial charge in [0.2, 0.25) is 0 Å². The summed E-state index contributed by atoms with van der Waals surface area (Å²) in [5.41, 5.74) is 2.37. The van der Waals surface area contributed by atoms with E-state index in [1.54, 1.807) is 22.9 Å². The van der Waals surface area contributed by atoms with Crippen molar-refractivity contribution in [1.82, 2.24) is 4.57 Å². The molecule has 1 aromatic carbocycles. The Kier molecular flexibility index (Phi) is 3.82. The Morgan fingerprint density at radius 2 is 1.83 bits per heavy atom. The number of aromatic nitrogens is 1. The van der Waals surface area contributed by atoms with Gasteiger partial charge in [0.05, 0.1) is 6.54 Å². The maximum Gasteiger partial charge on any atom is 0.250 e. The quantitative estimate of drug-likeness (QED) is 0.826. The van der Waals surface area contributed by atoms with Crippen molar-refractivity contribution in [3.8, 4) is 5.75 Å². The van der Waals surface area contributed by atoms with Crippen LogP contribution in [0.1, 0.15) is 11.1 Å². The number of hydrogen-bond acceptors (Lipinski definition) is 2. The lowest BCUT2D eigenvalue weighted by atomic mass is 10.1. The Morgan fingerprint density at radius 1 is 1.11 bits per heavy atom. The molecule has 0 atom stereocenters. The van der Waals surface area contributed by atoms with E-state index in [1.165, 1.54) is 11.1 Å². The molecule has 0 aliphatic heterocycles. The van der Waals surface area contributed by atoms with Crippen molar-refractivity contribution in [1.29, 1.82) is 0 Å². The molecule has 0 N–H and O–H groups in total. The molecule has 0 saturated heterocycles. The van der Waals surface area contributed by atoms with Crippen molar-refractivity contribution in [2.24, 2.45) is 0 Å². The van der Waals surface area contributed by atoms with Gasteiger partial charge in [0.15, 0.2) is 0 Å². The molecule has 0 aliphatic rings. The minimum absolute atomic E-state index is 0.00141. The second-order valence-electron chi connectivity index (χ2n) is 4.40. The molecule has 3 heteroatoms. The molecule has 3 nitrogen and oxygen atoms in total. The summed E-state index contributed by atoms with van der Waals surface area (Å²) in [6.45, 7) is 5.14. The second-order valence-corrected chi connectivity index (χ2v) is 4.40. The minimum Gasteiger partial charge on any atom is -0.492 e. The smallest absolute Gasteiger partial charge is 0.250 e. The van der Waals surface area contributed by atoms with E-state index >= 15 is 0 Å². The molecule has 0 radical (unpaired) electrons. The molecular weight excluding hydrogens is 226 g/mol. The van der Waals surface area contributed by atoms with E-state index < -0.39 is 0 Å². The molecule has 94 valence electrons. The molecule has 1 aromatic heterocycles. The Balaban J connectivity index is 1.96. The fourth-order valence-electron chi connectivity index (χ4n) is 1.92. The maximum absolute atomic E-state index is 11.5. The van der Waals surface area contributed by atoms with E-state index in [0.29, 0.717) is 13.2 Å². The number of benzene rings is 1. The van der Waals surface area contributed by atoms with Crippen LogP contribution in [0.15, 0.2) is 47.4 Å². The van der Waals surface area contributed by atoms with Crippen LogP contribution in [0.25, 0.3) is 0 Å². The van der Waals surface area contributed by atoms with Crippen molar-refractivity contribution < 1.29 is 4.74 Å². The first kappa shape index (κ1) is 12.4. The summed E-state index contributed by atoms with van der Waals surface area (Å²) in [4.78, 5) is 11.5. The van der Waals surface area contributed by atoms with Crippen molar-refractivity contribution in [2.75, 3.05) is 6.61 Å². The molecule has 0 amide bonds. The number of ether oxygens (including phenoxy) is 1. The molecule has 0 spiro atoms. The monoisotopic (exact) mass is 243 g/mol. The topological polar surface area (TPSA) is 31.2 Å². The number of hydrogen-bond donors (Lipinski definition) is 0. The zero-order chi connectivity index (χ0) is 13.0. The number of rotatable bonds is 4. The standard InChI is InChI=1S/C15H17NO2/c1-12-9-13(2)11-14(10-12)18-8-7-16-6-4-3-5-15(16)17/h3-6,9-11H,7-8H2,1-2H3. The third-order valence-corrected chi connectivity index (χ3v) is 2.70. The lowest BCUT2D eigenvalue weighted by Gasteiger charge is -2.09. The first-order valence-electron chi connectivity index (χ1n) is 6.02. The fraction of sp³-hybridized carbons (Fsp3) is 0.267. The summed E-state index contributed by atoms with van der Waals surface area (Å²) in [7, 11) is 0. The molecule has 18 heavy (non-hydrogen) atoms. The van der Waals surface area contributed by atoms with Crippen LogP contribution in [-0.4, -0.2) is 11.2 Å². The lowest BCUT2D eigenvalue weighted by molar-refractivity contribution is 0.296. The van der Waals surface area contributed by atoms with Crippen molar-refractivity contribution in [2.45, 2.75) is 20.4 Å². The van der Waals surface area contributed by atoms with Gasteiger partial charge in [-0.15, -0.1) is 0 Å². The molecule has 0 aliphatic carbocycles. The van der Waals surface area contributed by atoms with Gasteiger partial charge < -0.3 is 9.30 Å². The van der Waals surface area contributed by atoms with Gasteiger partial charge in [0.25, 0.3) is 5.56 Å². The summed E-state index contributed by atoms with van der Waals surface area (Å²) in [6, 6.07) is 11.2. The normalized spacial score (nSPS) is 10.3. The first-order chi connectivity index (χ1) is 8.65. The highest BCUT2D eigenvalue weighted by atomic mass is 16.5. The highest BCUT2D eigenvalue weighted by molar-refractivity contribution is 5.32. The van der Waals surface area contributed by atoms with E-state index in [4.69, 9.17) is 4.74 Å².